The van der Waals surface area contributed by atoms with Gasteiger partial charge in [-0.25, -0.2) is 0 Å². The number of hydrogen-bond donors (Lipinski definition) is 1. The molecule has 2 heteroatoms. The number of ether oxygens (including phenoxy) is 1. The lowest BCUT2D eigenvalue weighted by Crippen LogP contribution is -2.36. The van der Waals surface area contributed by atoms with E-state index >= 15 is 0 Å². The molecule has 0 aromatic heterocycles. The maximum atomic E-state index is 5.84. The monoisotopic (exact) mass is 207 g/mol. The third kappa shape index (κ3) is 3.24. The Morgan fingerprint density at radius 3 is 2.33 bits per heavy atom. The Morgan fingerprint density at radius 2 is 1.80 bits per heavy atom. The smallest absolute Gasteiger partial charge is 0.120 e. The van der Waals surface area contributed by atoms with E-state index < -0.39 is 0 Å². The van der Waals surface area contributed by atoms with Gasteiger partial charge in [-0.2, -0.15) is 0 Å². The molecule has 2 unspecified atom stereocenters. The Bertz CT molecular complexity index is 322. The third-order valence-corrected chi connectivity index (χ3v) is 2.96. The van der Waals surface area contributed by atoms with Crippen LogP contribution in [0.15, 0.2) is 18.2 Å². The molecule has 0 spiro atoms. The fourth-order valence-corrected chi connectivity index (χ4v) is 1.34. The van der Waals surface area contributed by atoms with Crippen molar-refractivity contribution < 1.29 is 4.74 Å². The van der Waals surface area contributed by atoms with E-state index in [1.54, 1.807) is 0 Å². The Hall–Kier alpha value is -1.02. The predicted molar refractivity (Wildman–Crippen MR) is 64.5 cm³/mol. The van der Waals surface area contributed by atoms with Crippen LogP contribution in [0.25, 0.3) is 0 Å². The van der Waals surface area contributed by atoms with Crippen molar-refractivity contribution in [3.8, 4) is 5.75 Å². The van der Waals surface area contributed by atoms with Crippen LogP contribution in [0.1, 0.15) is 25.0 Å². The maximum Gasteiger partial charge on any atom is 0.120 e. The van der Waals surface area contributed by atoms with Gasteiger partial charge in [-0.3, -0.25) is 0 Å². The van der Waals surface area contributed by atoms with Crippen LogP contribution < -0.4 is 10.1 Å². The van der Waals surface area contributed by atoms with Crippen molar-refractivity contribution >= 4 is 0 Å². The van der Waals surface area contributed by atoms with Gasteiger partial charge in [-0.05, 0) is 58.0 Å². The van der Waals surface area contributed by atoms with Gasteiger partial charge in [-0.15, -0.1) is 0 Å². The molecule has 1 aromatic rings. The molecule has 0 radical (unpaired) electrons. The zero-order valence-corrected chi connectivity index (χ0v) is 10.3. The SMILES string of the molecule is CNC(C)C(C)Oc1ccc(C)c(C)c1. The highest BCUT2D eigenvalue weighted by Gasteiger charge is 2.11. The molecule has 15 heavy (non-hydrogen) atoms. The summed E-state index contributed by atoms with van der Waals surface area (Å²) in [6, 6.07) is 6.57. The van der Waals surface area contributed by atoms with E-state index in [1.165, 1.54) is 11.1 Å². The standard InChI is InChI=1S/C13H21NO/c1-9-6-7-13(8-10(9)2)15-12(4)11(3)14-5/h6-8,11-12,14H,1-5H3. The van der Waals surface area contributed by atoms with Gasteiger partial charge in [0.15, 0.2) is 0 Å². The van der Waals surface area contributed by atoms with Gasteiger partial charge >= 0.3 is 0 Å². The Balaban J connectivity index is 2.68. The summed E-state index contributed by atoms with van der Waals surface area (Å²) in [6.07, 6.45) is 0.178. The molecular weight excluding hydrogens is 186 g/mol. The van der Waals surface area contributed by atoms with Gasteiger partial charge in [0.2, 0.25) is 0 Å². The number of likely N-dealkylation sites (N-methyl/N-ethyl adjacent to an activating group) is 1. The maximum absolute atomic E-state index is 5.84. The summed E-state index contributed by atoms with van der Waals surface area (Å²) in [5, 5.41) is 3.19. The zero-order valence-electron chi connectivity index (χ0n) is 10.3. The van der Waals surface area contributed by atoms with Crippen LogP contribution in [0.3, 0.4) is 0 Å². The average molecular weight is 207 g/mol. The molecule has 0 aliphatic rings. The van der Waals surface area contributed by atoms with Crippen LogP contribution in [-0.4, -0.2) is 19.2 Å². The van der Waals surface area contributed by atoms with Crippen molar-refractivity contribution in [1.29, 1.82) is 0 Å². The molecule has 0 saturated carbocycles. The lowest BCUT2D eigenvalue weighted by atomic mass is 10.1. The molecule has 0 saturated heterocycles. The third-order valence-electron chi connectivity index (χ3n) is 2.96. The van der Waals surface area contributed by atoms with Gasteiger partial charge < -0.3 is 10.1 Å². The lowest BCUT2D eigenvalue weighted by Gasteiger charge is -2.21. The molecular formula is C13H21NO. The molecule has 2 atom stereocenters. The first-order chi connectivity index (χ1) is 7.04. The number of nitrogens with one attached hydrogen (secondary N) is 1. The van der Waals surface area contributed by atoms with Crippen LogP contribution in [0.5, 0.6) is 5.75 Å². The number of hydrogen-bond acceptors (Lipinski definition) is 2. The molecule has 1 N–H and O–H groups in total. The molecule has 1 rings (SSSR count). The van der Waals surface area contributed by atoms with Crippen molar-refractivity contribution in [2.45, 2.75) is 39.8 Å². The Morgan fingerprint density at radius 1 is 1.13 bits per heavy atom. The summed E-state index contributed by atoms with van der Waals surface area (Å²) in [6.45, 7) is 8.41. The summed E-state index contributed by atoms with van der Waals surface area (Å²) in [7, 11) is 1.95. The minimum atomic E-state index is 0.178. The van der Waals surface area contributed by atoms with Crippen LogP contribution in [-0.2, 0) is 0 Å². The number of benzene rings is 1. The minimum absolute atomic E-state index is 0.178. The van der Waals surface area contributed by atoms with E-state index in [0.29, 0.717) is 6.04 Å². The first-order valence-electron chi connectivity index (χ1n) is 5.45. The molecule has 0 aliphatic heterocycles. The van der Waals surface area contributed by atoms with Crippen LogP contribution in [0, 0.1) is 13.8 Å². The minimum Gasteiger partial charge on any atom is -0.489 e. The molecule has 2 nitrogen and oxygen atoms in total. The second-order valence-electron chi connectivity index (χ2n) is 4.15. The van der Waals surface area contributed by atoms with E-state index in [1.807, 2.05) is 13.1 Å². The average Bonchev–Trinajstić information content (AvgIpc) is 2.22. The summed E-state index contributed by atoms with van der Waals surface area (Å²) < 4.78 is 5.84. The largest absolute Gasteiger partial charge is 0.489 e. The second kappa shape index (κ2) is 5.17. The summed E-state index contributed by atoms with van der Waals surface area (Å²) in [5.74, 6) is 0.952. The van der Waals surface area contributed by atoms with Crippen molar-refractivity contribution in [2.75, 3.05) is 7.05 Å². The van der Waals surface area contributed by atoms with E-state index in [-0.39, 0.29) is 6.10 Å². The highest BCUT2D eigenvalue weighted by atomic mass is 16.5. The molecule has 0 aliphatic carbocycles. The molecule has 0 amide bonds. The van der Waals surface area contributed by atoms with Crippen molar-refractivity contribution in [3.63, 3.8) is 0 Å². The fraction of sp³-hybridized carbons (Fsp3) is 0.538. The van der Waals surface area contributed by atoms with E-state index in [0.717, 1.165) is 5.75 Å². The van der Waals surface area contributed by atoms with Gasteiger partial charge in [0.1, 0.15) is 11.9 Å². The molecule has 0 fully saturated rings. The van der Waals surface area contributed by atoms with Crippen molar-refractivity contribution in [3.05, 3.63) is 29.3 Å². The first kappa shape index (κ1) is 12.1. The van der Waals surface area contributed by atoms with Crippen molar-refractivity contribution in [2.24, 2.45) is 0 Å². The number of rotatable bonds is 4. The lowest BCUT2D eigenvalue weighted by molar-refractivity contribution is 0.182. The molecule has 84 valence electrons. The van der Waals surface area contributed by atoms with Crippen LogP contribution in [0.4, 0.5) is 0 Å². The Labute approximate surface area is 92.6 Å². The highest BCUT2D eigenvalue weighted by molar-refractivity contribution is 5.33. The summed E-state index contributed by atoms with van der Waals surface area (Å²) in [4.78, 5) is 0. The van der Waals surface area contributed by atoms with Crippen LogP contribution in [0.2, 0.25) is 0 Å². The van der Waals surface area contributed by atoms with E-state index in [2.05, 4.69) is 45.1 Å². The van der Waals surface area contributed by atoms with E-state index in [4.69, 9.17) is 4.74 Å². The van der Waals surface area contributed by atoms with Crippen molar-refractivity contribution in [1.82, 2.24) is 5.32 Å². The molecule has 1 aromatic carbocycles. The second-order valence-corrected chi connectivity index (χ2v) is 4.15. The Kier molecular flexibility index (Phi) is 4.15. The predicted octanol–water partition coefficient (Wildman–Crippen LogP) is 2.68. The molecule has 0 heterocycles. The topological polar surface area (TPSA) is 21.3 Å². The quantitative estimate of drug-likeness (QED) is 0.819. The van der Waals surface area contributed by atoms with Gasteiger partial charge in [0.25, 0.3) is 0 Å². The molecule has 0 bridgehead atoms. The number of aryl methyl sites for hydroxylation is 2. The van der Waals surface area contributed by atoms with Gasteiger partial charge in [-0.1, -0.05) is 6.07 Å². The van der Waals surface area contributed by atoms with Gasteiger partial charge in [0.05, 0.1) is 0 Å². The zero-order chi connectivity index (χ0) is 11.4. The summed E-state index contributed by atoms with van der Waals surface area (Å²) in [5.41, 5.74) is 2.58. The first-order valence-corrected chi connectivity index (χ1v) is 5.45. The normalized spacial score (nSPS) is 14.7. The van der Waals surface area contributed by atoms with E-state index in [9.17, 15) is 0 Å². The summed E-state index contributed by atoms with van der Waals surface area (Å²) >= 11 is 0. The van der Waals surface area contributed by atoms with Gasteiger partial charge in [0, 0.05) is 6.04 Å². The van der Waals surface area contributed by atoms with Crippen LogP contribution >= 0.6 is 0 Å². The fourth-order valence-electron chi connectivity index (χ4n) is 1.34. The highest BCUT2D eigenvalue weighted by Crippen LogP contribution is 2.18.